The summed E-state index contributed by atoms with van der Waals surface area (Å²) in [6.45, 7) is 4.35. The van der Waals surface area contributed by atoms with Gasteiger partial charge in [-0.25, -0.2) is 14.4 Å². The summed E-state index contributed by atoms with van der Waals surface area (Å²) in [5.41, 5.74) is 9.35. The van der Waals surface area contributed by atoms with Crippen molar-refractivity contribution >= 4 is 17.6 Å². The van der Waals surface area contributed by atoms with Gasteiger partial charge >= 0.3 is 0 Å². The summed E-state index contributed by atoms with van der Waals surface area (Å²) in [7, 11) is 0. The Balaban J connectivity index is 1.16. The first-order valence-electron chi connectivity index (χ1n) is 14.9. The van der Waals surface area contributed by atoms with Crippen molar-refractivity contribution in [3.63, 3.8) is 0 Å². The van der Waals surface area contributed by atoms with Crippen molar-refractivity contribution in [1.82, 2.24) is 15.0 Å². The van der Waals surface area contributed by atoms with Crippen LogP contribution in [0.5, 0.6) is 0 Å². The molecule has 206 valence electrons. The van der Waals surface area contributed by atoms with Gasteiger partial charge in [0, 0.05) is 41.1 Å². The molecule has 0 amide bonds. The smallest absolute Gasteiger partial charge is 0.137 e. The van der Waals surface area contributed by atoms with Crippen LogP contribution in [0.25, 0.3) is 28.1 Å². The summed E-state index contributed by atoms with van der Waals surface area (Å²) >= 11 is 0. The van der Waals surface area contributed by atoms with Crippen LogP contribution in [0.15, 0.2) is 65.7 Å². The van der Waals surface area contributed by atoms with Gasteiger partial charge in [-0.3, -0.25) is 0 Å². The van der Waals surface area contributed by atoms with Crippen LogP contribution < -0.4 is 0 Å². The van der Waals surface area contributed by atoms with Gasteiger partial charge in [-0.1, -0.05) is 56.5 Å². The average Bonchev–Trinajstić information content (AvgIpc) is 3.51. The van der Waals surface area contributed by atoms with Crippen LogP contribution >= 0.6 is 0 Å². The van der Waals surface area contributed by atoms with E-state index in [1.54, 1.807) is 0 Å². The monoisotopic (exact) mass is 534 g/mol. The van der Waals surface area contributed by atoms with Crippen molar-refractivity contribution < 1.29 is 4.39 Å². The molecule has 0 saturated heterocycles. The number of hydrogen-bond acceptors (Lipinski definition) is 2. The van der Waals surface area contributed by atoms with Crippen molar-refractivity contribution in [3.8, 4) is 22.5 Å². The fourth-order valence-electron chi connectivity index (χ4n) is 6.41. The molecule has 40 heavy (non-hydrogen) atoms. The number of aliphatic imine (C=N–C) groups is 1. The van der Waals surface area contributed by atoms with E-state index in [4.69, 9.17) is 9.98 Å². The lowest BCUT2D eigenvalue weighted by molar-refractivity contribution is 0.354. The van der Waals surface area contributed by atoms with E-state index in [9.17, 15) is 4.39 Å². The lowest BCUT2D eigenvalue weighted by atomic mass is 9.81. The maximum absolute atomic E-state index is 13.5. The van der Waals surface area contributed by atoms with Crippen LogP contribution in [0.4, 0.5) is 10.2 Å². The number of allylic oxidation sites excluding steroid dienone is 2. The highest BCUT2D eigenvalue weighted by molar-refractivity contribution is 5.84. The third kappa shape index (κ3) is 5.74. The van der Waals surface area contributed by atoms with Gasteiger partial charge in [-0.2, -0.15) is 0 Å². The third-order valence-electron chi connectivity index (χ3n) is 8.76. The van der Waals surface area contributed by atoms with Crippen molar-refractivity contribution in [3.05, 3.63) is 89.1 Å². The van der Waals surface area contributed by atoms with E-state index in [1.807, 2.05) is 18.3 Å². The van der Waals surface area contributed by atoms with Crippen LogP contribution in [-0.2, 0) is 6.42 Å². The topological polar surface area (TPSA) is 56.8 Å². The minimum atomic E-state index is -0.218. The zero-order valence-corrected chi connectivity index (χ0v) is 23.6. The maximum Gasteiger partial charge on any atom is 0.137 e. The molecule has 5 heteroatoms. The quantitative estimate of drug-likeness (QED) is 0.254. The minimum absolute atomic E-state index is 0.218. The molecule has 2 aromatic carbocycles. The lowest BCUT2D eigenvalue weighted by Gasteiger charge is -2.25. The summed E-state index contributed by atoms with van der Waals surface area (Å²) in [4.78, 5) is 17.0. The number of hydrogen-bond donors (Lipinski definition) is 2. The van der Waals surface area contributed by atoms with Crippen molar-refractivity contribution in [2.45, 2.75) is 77.6 Å². The third-order valence-corrected chi connectivity index (χ3v) is 8.76. The van der Waals surface area contributed by atoms with Crippen LogP contribution in [0.1, 0.15) is 86.9 Å². The van der Waals surface area contributed by atoms with E-state index < -0.39 is 0 Å². The number of halogens is 1. The molecule has 6 rings (SSSR count). The van der Waals surface area contributed by atoms with E-state index in [1.165, 1.54) is 72.2 Å². The fourth-order valence-corrected chi connectivity index (χ4v) is 6.41. The van der Waals surface area contributed by atoms with Crippen LogP contribution in [0, 0.1) is 18.7 Å². The number of fused-ring (bicyclic) bond motifs is 1. The van der Waals surface area contributed by atoms with Crippen LogP contribution in [0.3, 0.4) is 0 Å². The molecule has 0 spiro atoms. The van der Waals surface area contributed by atoms with Gasteiger partial charge in [-0.15, -0.1) is 0 Å². The Bertz CT molecular complexity index is 1500. The summed E-state index contributed by atoms with van der Waals surface area (Å²) < 4.78 is 13.5. The normalized spacial score (nSPS) is 19.4. The highest BCUT2D eigenvalue weighted by atomic mass is 19.1. The zero-order chi connectivity index (χ0) is 27.5. The minimum Gasteiger partial charge on any atom is -0.345 e. The van der Waals surface area contributed by atoms with E-state index in [0.717, 1.165) is 54.3 Å². The van der Waals surface area contributed by atoms with Gasteiger partial charge in [0.1, 0.15) is 17.5 Å². The van der Waals surface area contributed by atoms with E-state index >= 15 is 0 Å². The molecule has 1 aliphatic heterocycles. The molecule has 0 bridgehead atoms. The van der Waals surface area contributed by atoms with Crippen molar-refractivity contribution in [2.75, 3.05) is 0 Å². The van der Waals surface area contributed by atoms with Crippen molar-refractivity contribution in [2.24, 2.45) is 10.9 Å². The largest absolute Gasteiger partial charge is 0.345 e. The Morgan fingerprint density at radius 2 is 1.68 bits per heavy atom. The second-order valence-electron chi connectivity index (χ2n) is 11.5. The highest BCUT2D eigenvalue weighted by Crippen LogP contribution is 2.40. The summed E-state index contributed by atoms with van der Waals surface area (Å²) in [5, 5.41) is 0. The molecule has 3 heterocycles. The van der Waals surface area contributed by atoms with Crippen molar-refractivity contribution in [1.29, 1.82) is 0 Å². The second kappa shape index (κ2) is 11.8. The van der Waals surface area contributed by atoms with E-state index in [2.05, 4.69) is 60.2 Å². The van der Waals surface area contributed by atoms with E-state index in [-0.39, 0.29) is 5.82 Å². The fraction of sp³-hybridized carbons (Fsp3) is 0.371. The first-order chi connectivity index (χ1) is 19.6. The Hall–Kier alpha value is -3.73. The highest BCUT2D eigenvalue weighted by Gasteiger charge is 2.24. The summed E-state index contributed by atoms with van der Waals surface area (Å²) in [6.07, 6.45) is 14.6. The molecular formula is C35H39FN4. The van der Waals surface area contributed by atoms with Gasteiger partial charge in [0.2, 0.25) is 0 Å². The number of imidazole rings is 1. The average molecular weight is 535 g/mol. The lowest BCUT2D eigenvalue weighted by Crippen LogP contribution is -2.11. The molecule has 2 N–H and O–H groups in total. The first kappa shape index (κ1) is 26.5. The molecule has 4 aromatic rings. The number of aryl methyl sites for hydroxylation is 2. The number of aromatic amines is 2. The Labute approximate surface area is 236 Å². The predicted octanol–water partition coefficient (Wildman–Crippen LogP) is 9.72. The molecule has 4 nitrogen and oxygen atoms in total. The van der Waals surface area contributed by atoms with Crippen LogP contribution in [0.2, 0.25) is 0 Å². The summed E-state index contributed by atoms with van der Waals surface area (Å²) in [5.74, 6) is 2.97. The van der Waals surface area contributed by atoms with Gasteiger partial charge in [-0.05, 0) is 92.0 Å². The number of nitrogens with zero attached hydrogens (tertiary/aromatic N) is 2. The van der Waals surface area contributed by atoms with E-state index in [0.29, 0.717) is 11.8 Å². The summed E-state index contributed by atoms with van der Waals surface area (Å²) in [6, 6.07) is 17.7. The SMILES string of the molecule is CCc1ccc(-c2nc(C3CCCCC(CC4=CCC=Nc5[nH]c(-c6ccc(F)cc6)cc54)CC3)[nH]c2C)cc1. The zero-order valence-electron chi connectivity index (χ0n) is 23.6. The Kier molecular flexibility index (Phi) is 7.81. The number of nitrogens with one attached hydrogen (secondary N) is 2. The number of benzene rings is 2. The standard InChI is InChI=1S/C35H39FN4/c1-3-24-10-13-27(14-11-24)33-23(2)38-34(40-33)28-8-5-4-7-25(12-15-28)21-29-9-6-20-37-35-31(29)22-32(39-35)26-16-18-30(36)19-17-26/h9-11,13-14,16-20,22,25,28,39H,3-8,12,15,21H2,1-2H3,(H,38,40). The van der Waals surface area contributed by atoms with Gasteiger partial charge in [0.05, 0.1) is 5.69 Å². The van der Waals surface area contributed by atoms with Gasteiger partial charge < -0.3 is 9.97 Å². The first-order valence-corrected chi connectivity index (χ1v) is 14.9. The molecule has 1 fully saturated rings. The Morgan fingerprint density at radius 1 is 0.900 bits per heavy atom. The molecule has 2 aliphatic rings. The number of rotatable bonds is 6. The molecular weight excluding hydrogens is 495 g/mol. The molecule has 2 aromatic heterocycles. The van der Waals surface area contributed by atoms with Crippen LogP contribution in [-0.4, -0.2) is 21.2 Å². The molecule has 2 unspecified atom stereocenters. The molecule has 2 atom stereocenters. The molecule has 1 saturated carbocycles. The molecule has 1 aliphatic carbocycles. The number of aromatic nitrogens is 3. The Morgan fingerprint density at radius 3 is 2.48 bits per heavy atom. The molecule has 0 radical (unpaired) electrons. The predicted molar refractivity (Wildman–Crippen MR) is 164 cm³/mol. The number of H-pyrrole nitrogens is 2. The van der Waals surface area contributed by atoms with Gasteiger partial charge in [0.15, 0.2) is 0 Å². The maximum atomic E-state index is 13.5. The second-order valence-corrected chi connectivity index (χ2v) is 11.5. The van der Waals surface area contributed by atoms with Gasteiger partial charge in [0.25, 0.3) is 0 Å².